The third-order valence-corrected chi connectivity index (χ3v) is 3.56. The largest absolute Gasteiger partial charge is 0.506 e. The van der Waals surface area contributed by atoms with Gasteiger partial charge in [0, 0.05) is 16.8 Å². The predicted molar refractivity (Wildman–Crippen MR) is 84.1 cm³/mol. The lowest BCUT2D eigenvalue weighted by Crippen LogP contribution is -2.09. The van der Waals surface area contributed by atoms with Crippen molar-refractivity contribution < 1.29 is 24.1 Å². The highest BCUT2D eigenvalue weighted by molar-refractivity contribution is 6.05. The summed E-state index contributed by atoms with van der Waals surface area (Å²) in [6, 6.07) is 5.26. The molecule has 2 rings (SSSR count). The van der Waals surface area contributed by atoms with Crippen molar-refractivity contribution in [3.8, 4) is 17.2 Å². The van der Waals surface area contributed by atoms with Crippen molar-refractivity contribution in [1.82, 2.24) is 0 Å². The van der Waals surface area contributed by atoms with E-state index in [0.717, 1.165) is 5.39 Å². The van der Waals surface area contributed by atoms with Crippen LogP contribution in [0.3, 0.4) is 0 Å². The highest BCUT2D eigenvalue weighted by Crippen LogP contribution is 2.40. The molecule has 0 atom stereocenters. The van der Waals surface area contributed by atoms with E-state index in [1.54, 1.807) is 26.2 Å². The van der Waals surface area contributed by atoms with E-state index < -0.39 is 5.97 Å². The summed E-state index contributed by atoms with van der Waals surface area (Å²) in [6.45, 7) is 3.90. The molecular formula is C17H20O5. The maximum atomic E-state index is 12.2. The number of hydrogen-bond acceptors (Lipinski definition) is 5. The molecule has 5 heteroatoms. The van der Waals surface area contributed by atoms with Gasteiger partial charge in [0.2, 0.25) is 0 Å². The Hall–Kier alpha value is -2.43. The number of rotatable bonds is 5. The van der Waals surface area contributed by atoms with E-state index in [9.17, 15) is 9.90 Å². The van der Waals surface area contributed by atoms with E-state index in [2.05, 4.69) is 0 Å². The van der Waals surface area contributed by atoms with Gasteiger partial charge in [0.25, 0.3) is 0 Å². The molecule has 0 saturated carbocycles. The monoisotopic (exact) mass is 304 g/mol. The van der Waals surface area contributed by atoms with Crippen LogP contribution in [-0.4, -0.2) is 31.9 Å². The van der Waals surface area contributed by atoms with Gasteiger partial charge < -0.3 is 19.3 Å². The molecule has 0 amide bonds. The fraction of sp³-hybridized carbons (Fsp3) is 0.353. The van der Waals surface area contributed by atoms with Crippen molar-refractivity contribution >= 4 is 16.7 Å². The van der Waals surface area contributed by atoms with Crippen LogP contribution in [0.4, 0.5) is 0 Å². The molecule has 0 bridgehead atoms. The van der Waals surface area contributed by atoms with Crippen LogP contribution in [0.1, 0.15) is 29.8 Å². The zero-order chi connectivity index (χ0) is 16.3. The average Bonchev–Trinajstić information content (AvgIpc) is 2.53. The third kappa shape index (κ3) is 2.66. The Bertz CT molecular complexity index is 706. The number of phenolic OH excluding ortho intramolecular Hbond substituents is 1. The second-order valence-corrected chi connectivity index (χ2v) is 4.76. The fourth-order valence-corrected chi connectivity index (χ4v) is 2.48. The molecule has 0 fully saturated rings. The normalized spacial score (nSPS) is 10.5. The van der Waals surface area contributed by atoms with E-state index in [1.165, 1.54) is 7.11 Å². The van der Waals surface area contributed by atoms with Gasteiger partial charge in [0.15, 0.2) is 0 Å². The van der Waals surface area contributed by atoms with E-state index in [0.29, 0.717) is 28.9 Å². The molecule has 0 aromatic heterocycles. The van der Waals surface area contributed by atoms with Gasteiger partial charge in [0.1, 0.15) is 22.8 Å². The molecule has 0 unspecified atom stereocenters. The van der Waals surface area contributed by atoms with E-state index >= 15 is 0 Å². The Morgan fingerprint density at radius 1 is 1.09 bits per heavy atom. The van der Waals surface area contributed by atoms with Crippen LogP contribution in [0.5, 0.6) is 17.2 Å². The van der Waals surface area contributed by atoms with Crippen LogP contribution in [0.25, 0.3) is 10.8 Å². The van der Waals surface area contributed by atoms with E-state index in [1.807, 2.05) is 13.0 Å². The Balaban J connectivity index is 2.82. The first kappa shape index (κ1) is 15.9. The number of fused-ring (bicyclic) bond motifs is 1. The minimum atomic E-state index is -0.527. The van der Waals surface area contributed by atoms with Crippen LogP contribution in [-0.2, 0) is 11.2 Å². The second-order valence-electron chi connectivity index (χ2n) is 4.76. The number of benzene rings is 2. The molecule has 0 heterocycles. The SMILES string of the molecule is CCOC(=O)c1c(CC)cc2c(OC)cc(OC)cc2c1O. The molecule has 0 saturated heterocycles. The lowest BCUT2D eigenvalue weighted by Gasteiger charge is -2.15. The topological polar surface area (TPSA) is 65.0 Å². The quantitative estimate of drug-likeness (QED) is 0.859. The molecule has 2 aromatic carbocycles. The molecule has 0 aliphatic rings. The number of aryl methyl sites for hydroxylation is 1. The van der Waals surface area contributed by atoms with Crippen LogP contribution < -0.4 is 9.47 Å². The Morgan fingerprint density at radius 3 is 2.36 bits per heavy atom. The number of methoxy groups -OCH3 is 2. The minimum Gasteiger partial charge on any atom is -0.506 e. The Morgan fingerprint density at radius 2 is 1.82 bits per heavy atom. The highest BCUT2D eigenvalue weighted by Gasteiger charge is 2.21. The molecule has 2 aromatic rings. The van der Waals surface area contributed by atoms with Crippen molar-refractivity contribution in [2.75, 3.05) is 20.8 Å². The minimum absolute atomic E-state index is 0.106. The van der Waals surface area contributed by atoms with Gasteiger partial charge in [0.05, 0.1) is 20.8 Å². The summed E-state index contributed by atoms with van der Waals surface area (Å²) < 4.78 is 15.6. The molecule has 5 nitrogen and oxygen atoms in total. The molecular weight excluding hydrogens is 284 g/mol. The van der Waals surface area contributed by atoms with Gasteiger partial charge in [-0.3, -0.25) is 0 Å². The summed E-state index contributed by atoms with van der Waals surface area (Å²) in [5.74, 6) is 0.485. The van der Waals surface area contributed by atoms with Crippen molar-refractivity contribution in [3.05, 3.63) is 29.3 Å². The highest BCUT2D eigenvalue weighted by atomic mass is 16.5. The first-order valence-corrected chi connectivity index (χ1v) is 7.15. The van der Waals surface area contributed by atoms with Gasteiger partial charge in [-0.25, -0.2) is 4.79 Å². The fourth-order valence-electron chi connectivity index (χ4n) is 2.48. The van der Waals surface area contributed by atoms with Crippen LogP contribution >= 0.6 is 0 Å². The molecule has 1 N–H and O–H groups in total. The van der Waals surface area contributed by atoms with E-state index in [-0.39, 0.29) is 17.9 Å². The zero-order valence-corrected chi connectivity index (χ0v) is 13.2. The number of carbonyl (C=O) groups is 1. The van der Waals surface area contributed by atoms with E-state index in [4.69, 9.17) is 14.2 Å². The summed E-state index contributed by atoms with van der Waals surface area (Å²) in [7, 11) is 3.08. The Labute approximate surface area is 129 Å². The number of carbonyl (C=O) groups excluding carboxylic acids is 1. The number of aromatic hydroxyl groups is 1. The zero-order valence-electron chi connectivity index (χ0n) is 13.2. The molecule has 0 radical (unpaired) electrons. The molecule has 118 valence electrons. The van der Waals surface area contributed by atoms with Gasteiger partial charge in [-0.15, -0.1) is 0 Å². The maximum Gasteiger partial charge on any atom is 0.342 e. The van der Waals surface area contributed by atoms with Gasteiger partial charge >= 0.3 is 5.97 Å². The number of ether oxygens (including phenoxy) is 3. The van der Waals surface area contributed by atoms with Gasteiger partial charge in [-0.05, 0) is 31.0 Å². The summed E-state index contributed by atoms with van der Waals surface area (Å²) in [5, 5.41) is 11.8. The van der Waals surface area contributed by atoms with Crippen molar-refractivity contribution in [3.63, 3.8) is 0 Å². The number of hydrogen-bond donors (Lipinski definition) is 1. The molecule has 22 heavy (non-hydrogen) atoms. The smallest absolute Gasteiger partial charge is 0.342 e. The number of phenols is 1. The van der Waals surface area contributed by atoms with Gasteiger partial charge in [-0.2, -0.15) is 0 Å². The average molecular weight is 304 g/mol. The summed E-state index contributed by atoms with van der Waals surface area (Å²) in [6.07, 6.45) is 0.590. The summed E-state index contributed by atoms with van der Waals surface area (Å²) in [4.78, 5) is 12.2. The maximum absolute atomic E-state index is 12.2. The van der Waals surface area contributed by atoms with Gasteiger partial charge in [-0.1, -0.05) is 6.92 Å². The third-order valence-electron chi connectivity index (χ3n) is 3.56. The van der Waals surface area contributed by atoms with Crippen molar-refractivity contribution in [2.24, 2.45) is 0 Å². The second kappa shape index (κ2) is 6.56. The first-order chi connectivity index (χ1) is 10.6. The van der Waals surface area contributed by atoms with Crippen LogP contribution in [0.2, 0.25) is 0 Å². The van der Waals surface area contributed by atoms with Crippen LogP contribution in [0.15, 0.2) is 18.2 Å². The summed E-state index contributed by atoms with van der Waals surface area (Å²) in [5.41, 5.74) is 0.916. The van der Waals surface area contributed by atoms with Crippen molar-refractivity contribution in [1.29, 1.82) is 0 Å². The molecule has 0 aliphatic heterocycles. The number of esters is 1. The van der Waals surface area contributed by atoms with Crippen LogP contribution in [0, 0.1) is 0 Å². The predicted octanol–water partition coefficient (Wildman–Crippen LogP) is 3.30. The lowest BCUT2D eigenvalue weighted by molar-refractivity contribution is 0.0522. The summed E-state index contributed by atoms with van der Waals surface area (Å²) >= 11 is 0. The molecule has 0 aliphatic carbocycles. The van der Waals surface area contributed by atoms with Crippen molar-refractivity contribution in [2.45, 2.75) is 20.3 Å². The standard InChI is InChI=1S/C17H20O5/c1-5-10-7-12-13(8-11(20-3)9-14(12)21-4)16(18)15(10)17(19)22-6-2/h7-9,18H,5-6H2,1-4H3. The Kier molecular flexibility index (Phi) is 4.75. The first-order valence-electron chi connectivity index (χ1n) is 7.15. The lowest BCUT2D eigenvalue weighted by atomic mass is 9.97. The molecule has 0 spiro atoms.